The lowest BCUT2D eigenvalue weighted by Gasteiger charge is -2.53. The maximum absolute atomic E-state index is 12.9. The van der Waals surface area contributed by atoms with E-state index in [0.29, 0.717) is 37.7 Å². The molecule has 0 saturated carbocycles. The summed E-state index contributed by atoms with van der Waals surface area (Å²) in [5.41, 5.74) is 0.314. The Bertz CT molecular complexity index is 1250. The van der Waals surface area contributed by atoms with Crippen molar-refractivity contribution in [3.05, 3.63) is 59.8 Å². The average Bonchev–Trinajstić information content (AvgIpc) is 3.01. The first-order chi connectivity index (χ1) is 22.1. The fourth-order valence-electron chi connectivity index (χ4n) is 5.81. The fraction of sp³-hybridized carbons (Fsp3) is 0.611. The lowest BCUT2D eigenvalue weighted by Crippen LogP contribution is -2.59. The number of unbranched alkanes of at least 4 members (excludes halogenated alkanes) is 1. The number of aliphatic hydroxyl groups excluding tert-OH is 1. The highest BCUT2D eigenvalue weighted by atomic mass is 16.7. The minimum absolute atomic E-state index is 0.186. The third kappa shape index (κ3) is 13.2. The number of aliphatic hydroxyl groups is 1. The average molecular weight is 661 g/mol. The van der Waals surface area contributed by atoms with E-state index in [1.165, 1.54) is 6.08 Å². The lowest BCUT2D eigenvalue weighted by molar-refractivity contribution is -0.344. The van der Waals surface area contributed by atoms with E-state index in [0.717, 1.165) is 37.0 Å². The maximum atomic E-state index is 12.9. The third-order valence-electron chi connectivity index (χ3n) is 8.78. The van der Waals surface area contributed by atoms with Crippen LogP contribution in [0.5, 0.6) is 0 Å². The molecule has 2 heterocycles. The molecule has 0 aromatic heterocycles. The topological polar surface area (TPSA) is 177 Å². The van der Waals surface area contributed by atoms with Crippen molar-refractivity contribution in [1.29, 1.82) is 0 Å². The zero-order valence-corrected chi connectivity index (χ0v) is 28.2. The Balaban J connectivity index is 2.31. The summed E-state index contributed by atoms with van der Waals surface area (Å²) in [5, 5.41) is 37.5. The highest BCUT2D eigenvalue weighted by molar-refractivity contribution is 5.81. The summed E-state index contributed by atoms with van der Waals surface area (Å²) in [4.78, 5) is 46.0. The van der Waals surface area contributed by atoms with Gasteiger partial charge in [-0.3, -0.25) is 9.59 Å². The number of carbonyl (C=O) groups is 4. The summed E-state index contributed by atoms with van der Waals surface area (Å²) >= 11 is 0. The number of rotatable bonds is 17. The lowest BCUT2D eigenvalue weighted by atomic mass is 9.78. The molecule has 2 rings (SSSR count). The van der Waals surface area contributed by atoms with E-state index >= 15 is 0 Å². The van der Waals surface area contributed by atoms with Gasteiger partial charge in [0.25, 0.3) is 0 Å². The molecule has 7 atom stereocenters. The SMILES string of the molecule is CCCC[C@]1(OC(=O)CCC(=O)O)CC[C@]2(CC[C@H](C)[C@H](C/C=C(C)/C=C/[C@H](O)[C@@H](C)/C=C/C(=O)O)O2)O[C@H]1/C=C/C(C)=C/C(=O)O. The number of aliphatic carboxylic acids is 3. The number of carboxylic acids is 3. The molecular weight excluding hydrogens is 608 g/mol. The van der Waals surface area contributed by atoms with Gasteiger partial charge in [-0.15, -0.1) is 0 Å². The molecule has 11 heteroatoms. The molecule has 262 valence electrons. The molecule has 4 N–H and O–H groups in total. The van der Waals surface area contributed by atoms with Gasteiger partial charge in [-0.2, -0.15) is 0 Å². The minimum atomic E-state index is -1.09. The standard InChI is InChI=1S/C36H52O11/c1-6-7-19-35(47-34(44)17-16-32(40)41)21-22-36(46-30(35)14-10-25(3)23-33(42)43)20-18-27(5)29(45-36)13-9-24(2)8-12-28(37)26(4)11-15-31(38)39/h8-12,14-15,23,26-30,37H,6-7,13,16-22H2,1-5H3,(H,38,39)(H,40,41)(H,42,43)/b12-8+,14-10+,15-11+,24-9+,25-23+/t26-,27-,28-,29-,30-,35-,36-/m0/s1. The zero-order valence-electron chi connectivity index (χ0n) is 28.2. The first-order valence-corrected chi connectivity index (χ1v) is 16.4. The van der Waals surface area contributed by atoms with Crippen LogP contribution in [0.3, 0.4) is 0 Å². The molecule has 0 aromatic carbocycles. The molecule has 2 aliphatic rings. The Morgan fingerprint density at radius 2 is 1.66 bits per heavy atom. The van der Waals surface area contributed by atoms with Crippen LogP contribution in [-0.4, -0.2) is 74.0 Å². The van der Waals surface area contributed by atoms with Crippen LogP contribution in [0.4, 0.5) is 0 Å². The molecule has 11 nitrogen and oxygen atoms in total. The molecular formula is C36H52O11. The second kappa shape index (κ2) is 18.7. The fourth-order valence-corrected chi connectivity index (χ4v) is 5.81. The number of hydrogen-bond donors (Lipinski definition) is 4. The van der Waals surface area contributed by atoms with Crippen LogP contribution in [0.25, 0.3) is 0 Å². The van der Waals surface area contributed by atoms with Crippen molar-refractivity contribution in [2.75, 3.05) is 0 Å². The molecule has 1 spiro atoms. The molecule has 2 aliphatic heterocycles. The van der Waals surface area contributed by atoms with Crippen LogP contribution >= 0.6 is 0 Å². The van der Waals surface area contributed by atoms with E-state index in [1.807, 2.05) is 19.9 Å². The summed E-state index contributed by atoms with van der Waals surface area (Å²) in [6.07, 6.45) is 14.9. The van der Waals surface area contributed by atoms with Gasteiger partial charge in [0.1, 0.15) is 11.7 Å². The Morgan fingerprint density at radius 3 is 2.30 bits per heavy atom. The second-order valence-corrected chi connectivity index (χ2v) is 12.8. The molecule has 0 unspecified atom stereocenters. The van der Waals surface area contributed by atoms with Gasteiger partial charge in [-0.25, -0.2) is 9.59 Å². The van der Waals surface area contributed by atoms with E-state index in [4.69, 9.17) is 24.4 Å². The molecule has 0 bridgehead atoms. The quantitative estimate of drug-likeness (QED) is 0.0802. The third-order valence-corrected chi connectivity index (χ3v) is 8.78. The van der Waals surface area contributed by atoms with Gasteiger partial charge >= 0.3 is 23.9 Å². The van der Waals surface area contributed by atoms with Crippen molar-refractivity contribution >= 4 is 23.9 Å². The molecule has 2 saturated heterocycles. The summed E-state index contributed by atoms with van der Waals surface area (Å²) in [5.74, 6) is -4.98. The first kappa shape index (κ1) is 39.6. The van der Waals surface area contributed by atoms with E-state index < -0.39 is 47.5 Å². The van der Waals surface area contributed by atoms with E-state index in [-0.39, 0.29) is 30.8 Å². The molecule has 2 fully saturated rings. The number of allylic oxidation sites excluding steroid dienone is 4. The number of carbonyl (C=O) groups excluding carboxylic acids is 1. The van der Waals surface area contributed by atoms with Crippen molar-refractivity contribution in [1.82, 2.24) is 0 Å². The van der Waals surface area contributed by atoms with Crippen molar-refractivity contribution in [3.63, 3.8) is 0 Å². The van der Waals surface area contributed by atoms with Crippen LogP contribution in [0.2, 0.25) is 0 Å². The van der Waals surface area contributed by atoms with Crippen molar-refractivity contribution in [2.24, 2.45) is 11.8 Å². The van der Waals surface area contributed by atoms with Crippen LogP contribution in [-0.2, 0) is 33.4 Å². The normalized spacial score (nSPS) is 28.6. The zero-order chi connectivity index (χ0) is 35.2. The van der Waals surface area contributed by atoms with Gasteiger partial charge in [0.05, 0.1) is 25.0 Å². The van der Waals surface area contributed by atoms with E-state index in [2.05, 4.69) is 6.92 Å². The Labute approximate surface area is 277 Å². The molecule has 0 radical (unpaired) electrons. The Morgan fingerprint density at radius 1 is 0.936 bits per heavy atom. The number of esters is 1. The molecule has 0 aliphatic carbocycles. The molecule has 47 heavy (non-hydrogen) atoms. The first-order valence-electron chi connectivity index (χ1n) is 16.4. The van der Waals surface area contributed by atoms with Gasteiger partial charge in [-0.05, 0) is 57.4 Å². The van der Waals surface area contributed by atoms with Gasteiger partial charge in [0.15, 0.2) is 5.79 Å². The summed E-state index contributed by atoms with van der Waals surface area (Å²) < 4.78 is 19.5. The monoisotopic (exact) mass is 660 g/mol. The van der Waals surface area contributed by atoms with Gasteiger partial charge in [0.2, 0.25) is 0 Å². The van der Waals surface area contributed by atoms with Crippen LogP contribution in [0, 0.1) is 11.8 Å². The maximum Gasteiger partial charge on any atom is 0.328 e. The largest absolute Gasteiger partial charge is 0.481 e. The Kier molecular flexibility index (Phi) is 15.8. The van der Waals surface area contributed by atoms with Gasteiger partial charge < -0.3 is 34.6 Å². The summed E-state index contributed by atoms with van der Waals surface area (Å²) in [6.45, 7) is 9.44. The van der Waals surface area contributed by atoms with Gasteiger partial charge in [0, 0.05) is 30.9 Å². The van der Waals surface area contributed by atoms with Crippen molar-refractivity contribution < 1.29 is 53.8 Å². The number of hydrogen-bond acceptors (Lipinski definition) is 8. The smallest absolute Gasteiger partial charge is 0.328 e. The highest BCUT2D eigenvalue weighted by Crippen LogP contribution is 2.48. The van der Waals surface area contributed by atoms with E-state index in [9.17, 15) is 29.4 Å². The Hall–Kier alpha value is -3.54. The second-order valence-electron chi connectivity index (χ2n) is 12.8. The predicted octanol–water partition coefficient (Wildman–Crippen LogP) is 6.13. The van der Waals surface area contributed by atoms with Crippen LogP contribution in [0.15, 0.2) is 59.8 Å². The van der Waals surface area contributed by atoms with Crippen LogP contribution in [0.1, 0.15) is 98.8 Å². The minimum Gasteiger partial charge on any atom is -0.481 e. The summed E-state index contributed by atoms with van der Waals surface area (Å²) in [6, 6.07) is 0. The predicted molar refractivity (Wildman–Crippen MR) is 175 cm³/mol. The van der Waals surface area contributed by atoms with Crippen molar-refractivity contribution in [3.8, 4) is 0 Å². The number of ether oxygens (including phenoxy) is 3. The highest BCUT2D eigenvalue weighted by Gasteiger charge is 2.54. The molecule has 0 amide bonds. The molecule has 0 aromatic rings. The summed E-state index contributed by atoms with van der Waals surface area (Å²) in [7, 11) is 0. The van der Waals surface area contributed by atoms with Gasteiger partial charge in [-0.1, -0.05) is 69.2 Å². The number of carboxylic acid groups (broad SMARTS) is 3. The van der Waals surface area contributed by atoms with E-state index in [1.54, 1.807) is 38.2 Å². The van der Waals surface area contributed by atoms with Crippen molar-refractivity contribution in [2.45, 2.75) is 129 Å². The van der Waals surface area contributed by atoms with Crippen LogP contribution < -0.4 is 0 Å².